The molecule has 0 unspecified atom stereocenters. The predicted molar refractivity (Wildman–Crippen MR) is 98.5 cm³/mol. The molecular weight excluding hydrogens is 314 g/mol. The van der Waals surface area contributed by atoms with Crippen LogP contribution in [0.1, 0.15) is 15.9 Å². The van der Waals surface area contributed by atoms with Gasteiger partial charge in [-0.1, -0.05) is 60.7 Å². The molecule has 0 atom stereocenters. The van der Waals surface area contributed by atoms with Crippen molar-refractivity contribution in [2.75, 3.05) is 6.54 Å². The number of fused-ring (bicyclic) bond motifs is 1. The van der Waals surface area contributed by atoms with Crippen LogP contribution in [0.15, 0.2) is 77.9 Å². The fraction of sp³-hybridized carbons (Fsp3) is 0.0500. The monoisotopic (exact) mass is 331 g/mol. The van der Waals surface area contributed by atoms with Crippen LogP contribution in [0, 0.1) is 0 Å². The number of hydrogen-bond donors (Lipinski definition) is 2. The summed E-state index contributed by atoms with van der Waals surface area (Å²) in [6.45, 7) is -0.138. The van der Waals surface area contributed by atoms with Crippen LogP contribution in [-0.4, -0.2) is 24.6 Å². The molecule has 3 rings (SSSR count). The van der Waals surface area contributed by atoms with Gasteiger partial charge in [-0.2, -0.15) is 5.10 Å². The second-order valence-corrected chi connectivity index (χ2v) is 5.41. The van der Waals surface area contributed by atoms with Crippen molar-refractivity contribution >= 4 is 28.8 Å². The second kappa shape index (κ2) is 7.88. The molecule has 2 amide bonds. The first kappa shape index (κ1) is 16.4. The van der Waals surface area contributed by atoms with Gasteiger partial charge in [0.15, 0.2) is 0 Å². The summed E-state index contributed by atoms with van der Waals surface area (Å²) in [6, 6.07) is 22.6. The summed E-state index contributed by atoms with van der Waals surface area (Å²) >= 11 is 0. The Balaban J connectivity index is 1.55. The number of hydrogen-bond acceptors (Lipinski definition) is 3. The molecule has 0 aliphatic rings. The highest BCUT2D eigenvalue weighted by atomic mass is 16.2. The fourth-order valence-electron chi connectivity index (χ4n) is 2.43. The maximum absolute atomic E-state index is 11.9. The van der Waals surface area contributed by atoms with Gasteiger partial charge in [0.2, 0.25) is 0 Å². The molecule has 124 valence electrons. The van der Waals surface area contributed by atoms with E-state index >= 15 is 0 Å². The number of carbonyl (C=O) groups is 2. The number of hydrazone groups is 1. The average Bonchev–Trinajstić information content (AvgIpc) is 2.67. The lowest BCUT2D eigenvalue weighted by Crippen LogP contribution is -2.34. The van der Waals surface area contributed by atoms with E-state index in [9.17, 15) is 9.59 Å². The summed E-state index contributed by atoms with van der Waals surface area (Å²) in [5, 5.41) is 8.68. The molecule has 0 radical (unpaired) electrons. The minimum Gasteiger partial charge on any atom is -0.343 e. The van der Waals surface area contributed by atoms with Gasteiger partial charge in [0.1, 0.15) is 0 Å². The second-order valence-electron chi connectivity index (χ2n) is 5.41. The van der Waals surface area contributed by atoms with E-state index in [0.717, 1.165) is 16.3 Å². The van der Waals surface area contributed by atoms with Crippen LogP contribution in [0.4, 0.5) is 0 Å². The summed E-state index contributed by atoms with van der Waals surface area (Å²) in [4.78, 5) is 23.7. The van der Waals surface area contributed by atoms with E-state index in [0.29, 0.717) is 5.56 Å². The molecule has 0 heterocycles. The number of rotatable bonds is 5. The standard InChI is InChI=1S/C20H17N3O2/c24-19(14-21-20(25)16-8-2-1-3-9-16)23-22-13-17-11-6-10-15-7-4-5-12-18(15)17/h1-13H,14H2,(H,21,25)(H,23,24). The maximum atomic E-state index is 11.9. The smallest absolute Gasteiger partial charge is 0.259 e. The normalized spacial score (nSPS) is 10.7. The Kier molecular flexibility index (Phi) is 5.16. The molecule has 3 aromatic carbocycles. The van der Waals surface area contributed by atoms with Crippen molar-refractivity contribution in [3.63, 3.8) is 0 Å². The highest BCUT2D eigenvalue weighted by Crippen LogP contribution is 2.16. The van der Waals surface area contributed by atoms with Crippen molar-refractivity contribution < 1.29 is 9.59 Å². The fourth-order valence-corrected chi connectivity index (χ4v) is 2.43. The molecule has 0 bridgehead atoms. The van der Waals surface area contributed by atoms with Crippen molar-refractivity contribution in [2.24, 2.45) is 5.10 Å². The molecule has 0 fully saturated rings. The van der Waals surface area contributed by atoms with E-state index in [-0.39, 0.29) is 18.4 Å². The van der Waals surface area contributed by atoms with Gasteiger partial charge >= 0.3 is 0 Å². The van der Waals surface area contributed by atoms with E-state index < -0.39 is 0 Å². The van der Waals surface area contributed by atoms with Crippen LogP contribution in [0.5, 0.6) is 0 Å². The van der Waals surface area contributed by atoms with Crippen molar-refractivity contribution in [2.45, 2.75) is 0 Å². The summed E-state index contributed by atoms with van der Waals surface area (Å²) in [7, 11) is 0. The lowest BCUT2D eigenvalue weighted by molar-refractivity contribution is -0.120. The molecule has 2 N–H and O–H groups in total. The minimum absolute atomic E-state index is 0.138. The van der Waals surface area contributed by atoms with Crippen LogP contribution in [0.25, 0.3) is 10.8 Å². The zero-order chi connectivity index (χ0) is 17.5. The number of nitrogens with one attached hydrogen (secondary N) is 2. The Morgan fingerprint density at radius 3 is 2.44 bits per heavy atom. The number of amides is 2. The molecule has 5 nitrogen and oxygen atoms in total. The predicted octanol–water partition coefficient (Wildman–Crippen LogP) is 2.72. The van der Waals surface area contributed by atoms with Crippen molar-refractivity contribution in [1.82, 2.24) is 10.7 Å². The minimum atomic E-state index is -0.388. The van der Waals surface area contributed by atoms with E-state index in [1.165, 1.54) is 0 Å². The Hall–Kier alpha value is -3.47. The van der Waals surface area contributed by atoms with Crippen LogP contribution in [-0.2, 0) is 4.79 Å². The van der Waals surface area contributed by atoms with E-state index in [1.54, 1.807) is 30.5 Å². The van der Waals surface area contributed by atoms with Crippen LogP contribution >= 0.6 is 0 Å². The molecule has 0 aliphatic carbocycles. The van der Waals surface area contributed by atoms with Gasteiger partial charge in [-0.15, -0.1) is 0 Å². The zero-order valence-electron chi connectivity index (χ0n) is 13.5. The zero-order valence-corrected chi connectivity index (χ0v) is 13.5. The summed E-state index contributed by atoms with van der Waals surface area (Å²) in [5.74, 6) is -0.686. The number of nitrogens with zero attached hydrogens (tertiary/aromatic N) is 1. The Morgan fingerprint density at radius 1 is 0.880 bits per heavy atom. The quantitative estimate of drug-likeness (QED) is 0.557. The first-order valence-corrected chi connectivity index (χ1v) is 7.87. The summed E-state index contributed by atoms with van der Waals surface area (Å²) in [6.07, 6.45) is 1.60. The van der Waals surface area contributed by atoms with Crippen LogP contribution in [0.2, 0.25) is 0 Å². The Labute approximate surface area is 145 Å². The number of benzene rings is 3. The van der Waals surface area contributed by atoms with E-state index in [1.807, 2.05) is 48.5 Å². The third-order valence-corrected chi connectivity index (χ3v) is 3.66. The van der Waals surface area contributed by atoms with Gasteiger partial charge in [-0.3, -0.25) is 9.59 Å². The first-order valence-electron chi connectivity index (χ1n) is 7.87. The molecule has 5 heteroatoms. The average molecular weight is 331 g/mol. The highest BCUT2D eigenvalue weighted by Gasteiger charge is 2.06. The van der Waals surface area contributed by atoms with Crippen molar-refractivity contribution in [1.29, 1.82) is 0 Å². The highest BCUT2D eigenvalue weighted by molar-refractivity contribution is 6.00. The van der Waals surface area contributed by atoms with Crippen molar-refractivity contribution in [3.05, 3.63) is 83.9 Å². The molecule has 0 spiro atoms. The van der Waals surface area contributed by atoms with Crippen LogP contribution in [0.3, 0.4) is 0 Å². The maximum Gasteiger partial charge on any atom is 0.259 e. The molecule has 3 aromatic rings. The number of carbonyl (C=O) groups excluding carboxylic acids is 2. The Bertz CT molecular complexity index is 915. The van der Waals surface area contributed by atoms with Gasteiger partial charge in [0, 0.05) is 11.1 Å². The summed E-state index contributed by atoms with van der Waals surface area (Å²) in [5.41, 5.74) is 3.84. The third-order valence-electron chi connectivity index (χ3n) is 3.66. The van der Waals surface area contributed by atoms with E-state index in [2.05, 4.69) is 15.8 Å². The van der Waals surface area contributed by atoms with E-state index in [4.69, 9.17) is 0 Å². The molecule has 0 saturated carbocycles. The van der Waals surface area contributed by atoms with Gasteiger partial charge in [-0.25, -0.2) is 5.43 Å². The van der Waals surface area contributed by atoms with Gasteiger partial charge in [0.25, 0.3) is 11.8 Å². The van der Waals surface area contributed by atoms with Gasteiger partial charge in [0.05, 0.1) is 12.8 Å². The lowest BCUT2D eigenvalue weighted by atomic mass is 10.1. The molecule has 0 aromatic heterocycles. The lowest BCUT2D eigenvalue weighted by Gasteiger charge is -2.04. The molecular formula is C20H17N3O2. The largest absolute Gasteiger partial charge is 0.343 e. The van der Waals surface area contributed by atoms with Gasteiger partial charge < -0.3 is 5.32 Å². The first-order chi connectivity index (χ1) is 12.2. The molecule has 0 aliphatic heterocycles. The van der Waals surface area contributed by atoms with Crippen LogP contribution < -0.4 is 10.7 Å². The molecule has 25 heavy (non-hydrogen) atoms. The Morgan fingerprint density at radius 2 is 1.60 bits per heavy atom. The topological polar surface area (TPSA) is 70.6 Å². The summed E-state index contributed by atoms with van der Waals surface area (Å²) < 4.78 is 0. The van der Waals surface area contributed by atoms with Gasteiger partial charge in [-0.05, 0) is 22.9 Å². The SMILES string of the molecule is O=C(CNC(=O)c1ccccc1)NN=Cc1cccc2ccccc12. The third kappa shape index (κ3) is 4.29. The molecule has 0 saturated heterocycles. The van der Waals surface area contributed by atoms with Crippen molar-refractivity contribution in [3.8, 4) is 0 Å².